The molecule has 6 heteroatoms. The van der Waals surface area contributed by atoms with Gasteiger partial charge in [0.05, 0.1) is 4.88 Å². The highest BCUT2D eigenvalue weighted by Crippen LogP contribution is 2.28. The predicted molar refractivity (Wildman–Crippen MR) is 92.6 cm³/mol. The fourth-order valence-corrected chi connectivity index (χ4v) is 4.34. The summed E-state index contributed by atoms with van der Waals surface area (Å²) in [6.45, 7) is 5.91. The third-order valence-corrected chi connectivity index (χ3v) is 5.92. The Hall–Kier alpha value is -1.24. The van der Waals surface area contributed by atoms with Crippen LogP contribution in [0.15, 0.2) is 22.9 Å². The quantitative estimate of drug-likeness (QED) is 0.911. The molecule has 1 fully saturated rings. The van der Waals surface area contributed by atoms with Gasteiger partial charge in [0.25, 0.3) is 5.91 Å². The Kier molecular flexibility index (Phi) is 5.23. The summed E-state index contributed by atoms with van der Waals surface area (Å²) in [4.78, 5) is 20.2. The van der Waals surface area contributed by atoms with Crippen molar-refractivity contribution in [3.63, 3.8) is 0 Å². The van der Waals surface area contributed by atoms with Crippen LogP contribution in [0.5, 0.6) is 0 Å². The van der Waals surface area contributed by atoms with Crippen molar-refractivity contribution in [3.8, 4) is 9.88 Å². The number of carbonyl (C=O) groups excluding carboxylic acids is 1. The van der Waals surface area contributed by atoms with E-state index in [0.29, 0.717) is 11.6 Å². The maximum absolute atomic E-state index is 12.6. The molecule has 1 saturated heterocycles. The van der Waals surface area contributed by atoms with Gasteiger partial charge in [-0.05, 0) is 43.3 Å². The number of hydrogen-bond donors (Lipinski definition) is 1. The summed E-state index contributed by atoms with van der Waals surface area (Å²) >= 11 is 3.21. The normalized spacial score (nSPS) is 16.1. The van der Waals surface area contributed by atoms with Crippen LogP contribution < -0.4 is 5.32 Å². The summed E-state index contributed by atoms with van der Waals surface area (Å²) < 4.78 is 0. The molecule has 0 spiro atoms. The summed E-state index contributed by atoms with van der Waals surface area (Å²) in [5, 5.41) is 8.27. The molecule has 1 aliphatic rings. The van der Waals surface area contributed by atoms with Crippen LogP contribution in [0, 0.1) is 5.92 Å². The van der Waals surface area contributed by atoms with Gasteiger partial charge in [-0.2, -0.15) is 0 Å². The first kappa shape index (κ1) is 15.6. The van der Waals surface area contributed by atoms with Crippen LogP contribution in [-0.4, -0.2) is 42.0 Å². The van der Waals surface area contributed by atoms with Crippen molar-refractivity contribution in [1.82, 2.24) is 15.2 Å². The summed E-state index contributed by atoms with van der Waals surface area (Å²) in [5.41, 5.74) is 0.596. The summed E-state index contributed by atoms with van der Waals surface area (Å²) in [6.07, 6.45) is 2.17. The zero-order valence-electron chi connectivity index (χ0n) is 12.7. The molecule has 0 unspecified atom stereocenters. The number of amides is 1. The summed E-state index contributed by atoms with van der Waals surface area (Å²) in [5.74, 6) is 0.780. The minimum atomic E-state index is 0.0842. The minimum absolute atomic E-state index is 0.0842. The smallest absolute Gasteiger partial charge is 0.273 e. The van der Waals surface area contributed by atoms with E-state index in [1.165, 1.54) is 0 Å². The Bertz CT molecular complexity index is 601. The Balaban J connectivity index is 1.58. The second-order valence-electron chi connectivity index (χ2n) is 5.56. The van der Waals surface area contributed by atoms with Crippen molar-refractivity contribution in [3.05, 3.63) is 28.6 Å². The number of likely N-dealkylation sites (tertiary alicyclic amines) is 1. The van der Waals surface area contributed by atoms with Gasteiger partial charge in [-0.3, -0.25) is 4.79 Å². The van der Waals surface area contributed by atoms with Crippen LogP contribution in [0.2, 0.25) is 0 Å². The molecule has 4 nitrogen and oxygen atoms in total. The molecule has 0 atom stereocenters. The van der Waals surface area contributed by atoms with E-state index >= 15 is 0 Å². The topological polar surface area (TPSA) is 45.2 Å². The number of rotatable bonds is 5. The lowest BCUT2D eigenvalue weighted by molar-refractivity contribution is 0.0685. The number of carbonyl (C=O) groups is 1. The highest BCUT2D eigenvalue weighted by molar-refractivity contribution is 7.20. The van der Waals surface area contributed by atoms with Crippen molar-refractivity contribution in [2.24, 2.45) is 5.92 Å². The first-order valence-corrected chi connectivity index (χ1v) is 9.53. The average Bonchev–Trinajstić information content (AvgIpc) is 3.23. The fraction of sp³-hybridized carbons (Fsp3) is 0.500. The largest absolute Gasteiger partial charge is 0.337 e. The summed E-state index contributed by atoms with van der Waals surface area (Å²) in [7, 11) is 0. The molecular formula is C16H21N3OS2. The molecule has 0 radical (unpaired) electrons. The molecule has 0 aromatic carbocycles. The average molecular weight is 335 g/mol. The third kappa shape index (κ3) is 3.56. The minimum Gasteiger partial charge on any atom is -0.337 e. The number of nitrogens with one attached hydrogen (secondary N) is 1. The maximum Gasteiger partial charge on any atom is 0.273 e. The lowest BCUT2D eigenvalue weighted by atomic mass is 9.96. The lowest BCUT2D eigenvalue weighted by Gasteiger charge is -2.31. The zero-order valence-corrected chi connectivity index (χ0v) is 14.4. The SMILES string of the molecule is CCNCC1CCN(C(=O)c2csc(-c3cccs3)n2)CC1. The van der Waals surface area contributed by atoms with E-state index < -0.39 is 0 Å². The monoisotopic (exact) mass is 335 g/mol. The van der Waals surface area contributed by atoms with Gasteiger partial charge in [-0.15, -0.1) is 22.7 Å². The van der Waals surface area contributed by atoms with Crippen molar-refractivity contribution >= 4 is 28.6 Å². The highest BCUT2D eigenvalue weighted by Gasteiger charge is 2.25. The van der Waals surface area contributed by atoms with Crippen molar-refractivity contribution in [2.45, 2.75) is 19.8 Å². The highest BCUT2D eigenvalue weighted by atomic mass is 32.1. The number of thiophene rings is 1. The Morgan fingerprint density at radius 2 is 2.23 bits per heavy atom. The molecule has 118 valence electrons. The third-order valence-electron chi connectivity index (χ3n) is 4.04. The van der Waals surface area contributed by atoms with Crippen molar-refractivity contribution < 1.29 is 4.79 Å². The standard InChI is InChI=1S/C16H21N3OS2/c1-2-17-10-12-5-7-19(8-6-12)16(20)13-11-22-15(18-13)14-4-3-9-21-14/h3-4,9,11-12,17H,2,5-8,10H2,1H3. The van der Waals surface area contributed by atoms with Crippen molar-refractivity contribution in [1.29, 1.82) is 0 Å². The molecule has 3 heterocycles. The van der Waals surface area contributed by atoms with Gasteiger partial charge in [0, 0.05) is 18.5 Å². The Morgan fingerprint density at radius 1 is 1.41 bits per heavy atom. The van der Waals surface area contributed by atoms with E-state index in [2.05, 4.69) is 17.2 Å². The second kappa shape index (κ2) is 7.35. The molecule has 0 aliphatic carbocycles. The fourth-order valence-electron chi connectivity index (χ4n) is 2.74. The van der Waals surface area contributed by atoms with Gasteiger partial charge in [-0.25, -0.2) is 4.98 Å². The van der Waals surface area contributed by atoms with Gasteiger partial charge in [-0.1, -0.05) is 13.0 Å². The Morgan fingerprint density at radius 3 is 2.91 bits per heavy atom. The lowest BCUT2D eigenvalue weighted by Crippen LogP contribution is -2.40. The number of hydrogen-bond acceptors (Lipinski definition) is 5. The molecule has 1 aliphatic heterocycles. The number of nitrogens with zero attached hydrogens (tertiary/aromatic N) is 2. The van der Waals surface area contributed by atoms with Gasteiger partial charge in [0.1, 0.15) is 10.7 Å². The first-order chi connectivity index (χ1) is 10.8. The molecule has 0 bridgehead atoms. The van der Waals surface area contributed by atoms with Crippen molar-refractivity contribution in [2.75, 3.05) is 26.2 Å². The Labute approximate surface area is 139 Å². The van der Waals surface area contributed by atoms with Crippen LogP contribution in [0.25, 0.3) is 9.88 Å². The van der Waals surface area contributed by atoms with Crippen LogP contribution in [-0.2, 0) is 0 Å². The van der Waals surface area contributed by atoms with E-state index in [9.17, 15) is 4.79 Å². The molecule has 1 N–H and O–H groups in total. The van der Waals surface area contributed by atoms with Crippen LogP contribution in [0.3, 0.4) is 0 Å². The van der Waals surface area contributed by atoms with E-state index in [4.69, 9.17) is 0 Å². The predicted octanol–water partition coefficient (Wildman–Crippen LogP) is 3.33. The van der Waals surface area contributed by atoms with Crippen LogP contribution in [0.1, 0.15) is 30.3 Å². The van der Waals surface area contributed by atoms with Gasteiger partial charge >= 0.3 is 0 Å². The second-order valence-corrected chi connectivity index (χ2v) is 7.36. The molecule has 1 amide bonds. The molecular weight excluding hydrogens is 314 g/mol. The molecule has 2 aromatic rings. The first-order valence-electron chi connectivity index (χ1n) is 7.77. The van der Waals surface area contributed by atoms with Gasteiger partial charge in [0.2, 0.25) is 0 Å². The van der Waals surface area contributed by atoms with Gasteiger partial charge in [0.15, 0.2) is 0 Å². The number of piperidine rings is 1. The van der Waals surface area contributed by atoms with E-state index in [0.717, 1.165) is 48.9 Å². The van der Waals surface area contributed by atoms with E-state index in [1.54, 1.807) is 22.7 Å². The number of aromatic nitrogens is 1. The van der Waals surface area contributed by atoms with E-state index in [1.807, 2.05) is 27.8 Å². The molecule has 22 heavy (non-hydrogen) atoms. The molecule has 2 aromatic heterocycles. The van der Waals surface area contributed by atoms with Crippen LogP contribution >= 0.6 is 22.7 Å². The summed E-state index contributed by atoms with van der Waals surface area (Å²) in [6, 6.07) is 4.06. The number of thiazole rings is 1. The molecule has 0 saturated carbocycles. The maximum atomic E-state index is 12.6. The molecule has 3 rings (SSSR count). The zero-order chi connectivity index (χ0) is 15.4. The van der Waals surface area contributed by atoms with Gasteiger partial charge < -0.3 is 10.2 Å². The van der Waals surface area contributed by atoms with E-state index in [-0.39, 0.29) is 5.91 Å². The van der Waals surface area contributed by atoms with Crippen LogP contribution in [0.4, 0.5) is 0 Å².